The Labute approximate surface area is 111 Å². The Balaban J connectivity index is 1.94. The van der Waals surface area contributed by atoms with Crippen molar-refractivity contribution in [1.29, 1.82) is 0 Å². The van der Waals surface area contributed by atoms with E-state index in [-0.39, 0.29) is 5.75 Å². The fourth-order valence-electron chi connectivity index (χ4n) is 3.13. The topological polar surface area (TPSA) is 43.8 Å². The van der Waals surface area contributed by atoms with Gasteiger partial charge in [-0.25, -0.2) is 0 Å². The first kappa shape index (κ1) is 11.7. The number of hydrogen-bond acceptors (Lipinski definition) is 3. The first-order valence-corrected chi connectivity index (χ1v) is 6.53. The molecule has 2 heterocycles. The van der Waals surface area contributed by atoms with Crippen LogP contribution in [0.2, 0.25) is 5.02 Å². The van der Waals surface area contributed by atoms with Gasteiger partial charge in [-0.2, -0.15) is 0 Å². The highest BCUT2D eigenvalue weighted by Gasteiger charge is 2.40. The molecule has 0 aromatic heterocycles. The minimum absolute atomic E-state index is 0.149. The fourth-order valence-corrected chi connectivity index (χ4v) is 3.30. The lowest BCUT2D eigenvalue weighted by Gasteiger charge is -2.41. The van der Waals surface area contributed by atoms with Gasteiger partial charge in [0.05, 0.1) is 10.7 Å². The van der Waals surface area contributed by atoms with Gasteiger partial charge >= 0.3 is 0 Å². The molecule has 1 N–H and O–H groups in total. The number of benzene rings is 1. The van der Waals surface area contributed by atoms with Crippen molar-refractivity contribution in [3.05, 3.63) is 23.2 Å². The monoisotopic (exact) mass is 266 g/mol. The van der Waals surface area contributed by atoms with E-state index in [1.165, 1.54) is 0 Å². The van der Waals surface area contributed by atoms with Gasteiger partial charge < -0.3 is 14.9 Å². The Morgan fingerprint density at radius 1 is 1.28 bits per heavy atom. The van der Waals surface area contributed by atoms with Crippen molar-refractivity contribution >= 4 is 23.7 Å². The molecule has 2 aliphatic heterocycles. The minimum atomic E-state index is 0.149. The molecule has 1 amide bonds. The van der Waals surface area contributed by atoms with E-state index in [4.69, 9.17) is 11.6 Å². The standard InChI is InChI=1S/C13H15ClN2O2/c14-11-2-1-3-12(13(11)18)16-9-4-5-10(16)7-15(6-9)8-17/h1-3,8-10,18H,4-7H2. The number of anilines is 1. The van der Waals surface area contributed by atoms with E-state index in [2.05, 4.69) is 4.90 Å². The van der Waals surface area contributed by atoms with E-state index in [9.17, 15) is 9.90 Å². The Morgan fingerprint density at radius 2 is 1.94 bits per heavy atom. The lowest BCUT2D eigenvalue weighted by atomic mass is 10.1. The maximum Gasteiger partial charge on any atom is 0.209 e. The van der Waals surface area contributed by atoms with Crippen LogP contribution >= 0.6 is 11.6 Å². The number of carbonyl (C=O) groups excluding carboxylic acids is 1. The summed E-state index contributed by atoms with van der Waals surface area (Å²) in [5.74, 6) is 0.149. The summed E-state index contributed by atoms with van der Waals surface area (Å²) in [5, 5.41) is 10.5. The van der Waals surface area contributed by atoms with Gasteiger partial charge in [-0.05, 0) is 25.0 Å². The molecule has 0 spiro atoms. The van der Waals surface area contributed by atoms with Crippen molar-refractivity contribution in [2.75, 3.05) is 18.0 Å². The van der Waals surface area contributed by atoms with Gasteiger partial charge in [0.25, 0.3) is 0 Å². The number of phenols is 1. The van der Waals surface area contributed by atoms with Crippen molar-refractivity contribution in [2.24, 2.45) is 0 Å². The molecule has 2 unspecified atom stereocenters. The lowest BCUT2D eigenvalue weighted by molar-refractivity contribution is -0.119. The molecular weight excluding hydrogens is 252 g/mol. The van der Waals surface area contributed by atoms with E-state index in [0.717, 1.165) is 38.0 Å². The highest BCUT2D eigenvalue weighted by molar-refractivity contribution is 6.32. The Hall–Kier alpha value is -1.42. The molecule has 0 saturated carbocycles. The molecule has 2 fully saturated rings. The van der Waals surface area contributed by atoms with Crippen LogP contribution < -0.4 is 4.90 Å². The average molecular weight is 267 g/mol. The summed E-state index contributed by atoms with van der Waals surface area (Å²) in [7, 11) is 0. The summed E-state index contributed by atoms with van der Waals surface area (Å²) in [5.41, 5.74) is 0.792. The van der Waals surface area contributed by atoms with Crippen LogP contribution in [0, 0.1) is 0 Å². The minimum Gasteiger partial charge on any atom is -0.504 e. The molecule has 5 heteroatoms. The number of hydrogen-bond donors (Lipinski definition) is 1. The highest BCUT2D eigenvalue weighted by atomic mass is 35.5. The first-order valence-electron chi connectivity index (χ1n) is 6.16. The van der Waals surface area contributed by atoms with E-state index in [1.807, 2.05) is 17.0 Å². The third kappa shape index (κ3) is 1.72. The number of para-hydroxylation sites is 1. The third-order valence-corrected chi connectivity index (χ3v) is 4.21. The van der Waals surface area contributed by atoms with Gasteiger partial charge in [-0.3, -0.25) is 4.79 Å². The zero-order valence-electron chi connectivity index (χ0n) is 9.92. The number of piperazine rings is 1. The van der Waals surface area contributed by atoms with E-state index in [0.29, 0.717) is 17.1 Å². The number of amides is 1. The average Bonchev–Trinajstić information content (AvgIpc) is 2.63. The number of nitrogens with zero attached hydrogens (tertiary/aromatic N) is 2. The molecule has 2 aliphatic rings. The number of carbonyl (C=O) groups is 1. The molecule has 96 valence electrons. The van der Waals surface area contributed by atoms with Crippen molar-refractivity contribution in [3.63, 3.8) is 0 Å². The fraction of sp³-hybridized carbons (Fsp3) is 0.462. The zero-order valence-corrected chi connectivity index (χ0v) is 10.7. The summed E-state index contributed by atoms with van der Waals surface area (Å²) in [6.45, 7) is 1.46. The van der Waals surface area contributed by atoms with E-state index < -0.39 is 0 Å². The van der Waals surface area contributed by atoms with Crippen molar-refractivity contribution in [3.8, 4) is 5.75 Å². The number of fused-ring (bicyclic) bond motifs is 2. The predicted molar refractivity (Wildman–Crippen MR) is 70.0 cm³/mol. The van der Waals surface area contributed by atoms with E-state index in [1.54, 1.807) is 6.07 Å². The normalized spacial score (nSPS) is 26.5. The van der Waals surface area contributed by atoms with Gasteiger partial charge in [0, 0.05) is 25.2 Å². The molecule has 2 bridgehead atoms. The van der Waals surface area contributed by atoms with Gasteiger partial charge in [-0.1, -0.05) is 17.7 Å². The molecule has 2 saturated heterocycles. The summed E-state index contributed by atoms with van der Waals surface area (Å²) in [4.78, 5) is 14.9. The van der Waals surface area contributed by atoms with Crippen LogP contribution in [0.4, 0.5) is 5.69 Å². The molecule has 1 aromatic carbocycles. The third-order valence-electron chi connectivity index (χ3n) is 3.90. The Morgan fingerprint density at radius 3 is 2.56 bits per heavy atom. The quantitative estimate of drug-likeness (QED) is 0.831. The van der Waals surface area contributed by atoms with Gasteiger partial charge in [0.15, 0.2) is 5.75 Å². The van der Waals surface area contributed by atoms with Crippen LogP contribution in [-0.4, -0.2) is 41.6 Å². The summed E-state index contributed by atoms with van der Waals surface area (Å²) < 4.78 is 0. The number of rotatable bonds is 2. The number of aromatic hydroxyl groups is 1. The molecule has 3 rings (SSSR count). The molecule has 0 radical (unpaired) electrons. The summed E-state index contributed by atoms with van der Waals surface area (Å²) >= 11 is 5.96. The predicted octanol–water partition coefficient (Wildman–Crippen LogP) is 1.85. The maximum absolute atomic E-state index is 10.9. The Kier molecular flexibility index (Phi) is 2.82. The van der Waals surface area contributed by atoms with Crippen LogP contribution in [0.15, 0.2) is 18.2 Å². The molecule has 0 aliphatic carbocycles. The SMILES string of the molecule is O=CN1CC2CCC(C1)N2c1cccc(Cl)c1O. The van der Waals surface area contributed by atoms with Crippen LogP contribution in [0.5, 0.6) is 5.75 Å². The molecule has 18 heavy (non-hydrogen) atoms. The maximum atomic E-state index is 10.9. The number of phenolic OH excluding ortho intramolecular Hbond substituents is 1. The molecule has 1 aromatic rings. The van der Waals surface area contributed by atoms with Gasteiger partial charge in [-0.15, -0.1) is 0 Å². The summed E-state index contributed by atoms with van der Waals surface area (Å²) in [6.07, 6.45) is 3.03. The first-order chi connectivity index (χ1) is 8.70. The van der Waals surface area contributed by atoms with Crippen LogP contribution in [0.3, 0.4) is 0 Å². The Bertz CT molecular complexity index is 466. The highest BCUT2D eigenvalue weighted by Crippen LogP contribution is 2.41. The molecule has 2 atom stereocenters. The zero-order chi connectivity index (χ0) is 12.7. The number of likely N-dealkylation sites (tertiary alicyclic amines) is 1. The van der Waals surface area contributed by atoms with Crippen molar-refractivity contribution in [2.45, 2.75) is 24.9 Å². The number of halogens is 1. The van der Waals surface area contributed by atoms with Crippen LogP contribution in [0.1, 0.15) is 12.8 Å². The second kappa shape index (κ2) is 4.35. The van der Waals surface area contributed by atoms with Crippen LogP contribution in [0.25, 0.3) is 0 Å². The van der Waals surface area contributed by atoms with Gasteiger partial charge in [0.2, 0.25) is 6.41 Å². The van der Waals surface area contributed by atoms with E-state index >= 15 is 0 Å². The smallest absolute Gasteiger partial charge is 0.209 e. The van der Waals surface area contributed by atoms with Gasteiger partial charge in [0.1, 0.15) is 0 Å². The second-order valence-electron chi connectivity index (χ2n) is 4.96. The summed E-state index contributed by atoms with van der Waals surface area (Å²) in [6, 6.07) is 6.01. The second-order valence-corrected chi connectivity index (χ2v) is 5.37. The largest absolute Gasteiger partial charge is 0.504 e. The molecule has 4 nitrogen and oxygen atoms in total. The van der Waals surface area contributed by atoms with Crippen LogP contribution in [-0.2, 0) is 4.79 Å². The van der Waals surface area contributed by atoms with Crippen molar-refractivity contribution < 1.29 is 9.90 Å². The molecular formula is C13H15ClN2O2. The lowest BCUT2D eigenvalue weighted by Crippen LogP contribution is -2.53. The van der Waals surface area contributed by atoms with Crippen molar-refractivity contribution in [1.82, 2.24) is 4.90 Å².